The van der Waals surface area contributed by atoms with Crippen LogP contribution >= 0.6 is 11.6 Å². The van der Waals surface area contributed by atoms with Gasteiger partial charge in [0.15, 0.2) is 0 Å². The highest BCUT2D eigenvalue weighted by atomic mass is 35.5. The van der Waals surface area contributed by atoms with E-state index in [4.69, 9.17) is 22.1 Å². The number of aliphatic hydroxyl groups is 1. The van der Waals surface area contributed by atoms with Crippen molar-refractivity contribution in [3.8, 4) is 5.75 Å². The highest BCUT2D eigenvalue weighted by Gasteiger charge is 2.30. The molecule has 3 rings (SSSR count). The van der Waals surface area contributed by atoms with Crippen molar-refractivity contribution in [2.45, 2.75) is 12.5 Å². The van der Waals surface area contributed by atoms with Gasteiger partial charge in [0.05, 0.1) is 13.0 Å². The van der Waals surface area contributed by atoms with E-state index >= 15 is 0 Å². The van der Waals surface area contributed by atoms with Crippen LogP contribution in [0.5, 0.6) is 5.75 Å². The van der Waals surface area contributed by atoms with Gasteiger partial charge < -0.3 is 20.5 Å². The first-order chi connectivity index (χ1) is 13.4. The predicted octanol–water partition coefficient (Wildman–Crippen LogP) is 2.05. The molecule has 8 heteroatoms. The average molecular weight is 404 g/mol. The Bertz CT molecular complexity index is 826. The van der Waals surface area contributed by atoms with Crippen molar-refractivity contribution in [1.82, 2.24) is 4.90 Å². The quantitative estimate of drug-likeness (QED) is 0.705. The van der Waals surface area contributed by atoms with E-state index in [9.17, 15) is 14.7 Å². The summed E-state index contributed by atoms with van der Waals surface area (Å²) >= 11 is 5.89. The lowest BCUT2D eigenvalue weighted by Crippen LogP contribution is -2.39. The van der Waals surface area contributed by atoms with Gasteiger partial charge in [0.2, 0.25) is 5.91 Å². The maximum absolute atomic E-state index is 12.6. The number of β-amino-alcohol motifs (C(OH)–C–C–N with tert-alkyl or cyclic N) is 1. The van der Waals surface area contributed by atoms with Gasteiger partial charge in [0, 0.05) is 23.8 Å². The SMILES string of the molecule is NC(=O)Cc1ccc(OC[C@@H](O)CN2CCN(c3ccc(Cl)cc3)C2=O)cc1. The van der Waals surface area contributed by atoms with Crippen LogP contribution in [0.15, 0.2) is 48.5 Å². The summed E-state index contributed by atoms with van der Waals surface area (Å²) in [7, 11) is 0. The molecule has 0 saturated carbocycles. The van der Waals surface area contributed by atoms with Gasteiger partial charge in [-0.2, -0.15) is 0 Å². The number of benzene rings is 2. The standard InChI is InChI=1S/C20H22ClN3O4/c21-15-3-5-16(6-4-15)24-10-9-23(20(24)27)12-17(25)13-28-18-7-1-14(2-8-18)11-19(22)26/h1-8,17,25H,9-13H2,(H2,22,26)/t17-/m0/s1. The second-order valence-electron chi connectivity index (χ2n) is 6.61. The number of halogens is 1. The average Bonchev–Trinajstić information content (AvgIpc) is 3.02. The van der Waals surface area contributed by atoms with E-state index in [1.807, 2.05) is 0 Å². The van der Waals surface area contributed by atoms with Gasteiger partial charge in [-0.15, -0.1) is 0 Å². The number of nitrogens with two attached hydrogens (primary N) is 1. The van der Waals surface area contributed by atoms with Gasteiger partial charge in [-0.3, -0.25) is 9.69 Å². The predicted molar refractivity (Wildman–Crippen MR) is 107 cm³/mol. The maximum Gasteiger partial charge on any atom is 0.324 e. The van der Waals surface area contributed by atoms with Crippen molar-refractivity contribution >= 4 is 29.2 Å². The number of anilines is 1. The first kappa shape index (κ1) is 20.0. The van der Waals surface area contributed by atoms with Crippen LogP contribution in [0.1, 0.15) is 5.56 Å². The van der Waals surface area contributed by atoms with Crippen molar-refractivity contribution in [2.24, 2.45) is 5.73 Å². The van der Waals surface area contributed by atoms with Gasteiger partial charge in [0.25, 0.3) is 0 Å². The second-order valence-corrected chi connectivity index (χ2v) is 7.04. The Hall–Kier alpha value is -2.77. The molecule has 0 bridgehead atoms. The number of hydrogen-bond donors (Lipinski definition) is 2. The minimum absolute atomic E-state index is 0.0554. The van der Waals surface area contributed by atoms with Crippen LogP contribution in [0.4, 0.5) is 10.5 Å². The van der Waals surface area contributed by atoms with E-state index in [1.165, 1.54) is 0 Å². The number of carbonyl (C=O) groups is 2. The topological polar surface area (TPSA) is 96.1 Å². The Morgan fingerprint density at radius 2 is 1.82 bits per heavy atom. The number of aliphatic hydroxyl groups excluding tert-OH is 1. The summed E-state index contributed by atoms with van der Waals surface area (Å²) in [4.78, 5) is 26.7. The van der Waals surface area contributed by atoms with E-state index in [2.05, 4.69) is 0 Å². The zero-order chi connectivity index (χ0) is 20.1. The van der Waals surface area contributed by atoms with E-state index in [0.717, 1.165) is 11.3 Å². The molecular formula is C20H22ClN3O4. The molecule has 1 fully saturated rings. The van der Waals surface area contributed by atoms with Crippen molar-refractivity contribution in [3.63, 3.8) is 0 Å². The zero-order valence-electron chi connectivity index (χ0n) is 15.3. The Kier molecular flexibility index (Phi) is 6.38. The van der Waals surface area contributed by atoms with Gasteiger partial charge in [-0.25, -0.2) is 4.79 Å². The molecule has 7 nitrogen and oxygen atoms in total. The summed E-state index contributed by atoms with van der Waals surface area (Å²) in [5, 5.41) is 10.9. The Balaban J connectivity index is 1.48. The summed E-state index contributed by atoms with van der Waals surface area (Å²) in [6.45, 7) is 1.32. The van der Waals surface area contributed by atoms with Crippen LogP contribution in [0.3, 0.4) is 0 Å². The Labute approximate surface area is 168 Å². The molecule has 2 aromatic carbocycles. The Morgan fingerprint density at radius 3 is 2.46 bits per heavy atom. The van der Waals surface area contributed by atoms with E-state index in [1.54, 1.807) is 58.3 Å². The largest absolute Gasteiger partial charge is 0.491 e. The lowest BCUT2D eigenvalue weighted by atomic mass is 10.1. The number of urea groups is 1. The molecule has 28 heavy (non-hydrogen) atoms. The third-order valence-corrected chi connectivity index (χ3v) is 4.66. The van der Waals surface area contributed by atoms with Crippen LogP contribution in [0.2, 0.25) is 5.02 Å². The monoisotopic (exact) mass is 403 g/mol. The highest BCUT2D eigenvalue weighted by Crippen LogP contribution is 2.22. The van der Waals surface area contributed by atoms with Gasteiger partial charge in [-0.05, 0) is 42.0 Å². The number of rotatable bonds is 8. The number of primary amides is 1. The van der Waals surface area contributed by atoms with Gasteiger partial charge in [-0.1, -0.05) is 23.7 Å². The lowest BCUT2D eigenvalue weighted by Gasteiger charge is -2.21. The fourth-order valence-electron chi connectivity index (χ4n) is 3.02. The molecule has 3 N–H and O–H groups in total. The van der Waals surface area contributed by atoms with Crippen LogP contribution < -0.4 is 15.4 Å². The molecule has 0 spiro atoms. The summed E-state index contributed by atoms with van der Waals surface area (Å²) in [5.74, 6) is 0.176. The summed E-state index contributed by atoms with van der Waals surface area (Å²) < 4.78 is 5.57. The molecule has 2 aromatic rings. The summed E-state index contributed by atoms with van der Waals surface area (Å²) in [6, 6.07) is 13.9. The normalized spacial score (nSPS) is 15.0. The third-order valence-electron chi connectivity index (χ3n) is 4.41. The molecule has 0 aromatic heterocycles. The van der Waals surface area contributed by atoms with Gasteiger partial charge >= 0.3 is 6.03 Å². The fraction of sp³-hybridized carbons (Fsp3) is 0.300. The van der Waals surface area contributed by atoms with Crippen LogP contribution in [-0.2, 0) is 11.2 Å². The number of hydrogen-bond acceptors (Lipinski definition) is 4. The first-order valence-electron chi connectivity index (χ1n) is 8.92. The highest BCUT2D eigenvalue weighted by molar-refractivity contribution is 6.30. The van der Waals surface area contributed by atoms with Crippen LogP contribution in [0, 0.1) is 0 Å². The maximum atomic E-state index is 12.6. The third kappa shape index (κ3) is 5.15. The molecule has 0 radical (unpaired) electrons. The van der Waals surface area contributed by atoms with Crippen molar-refractivity contribution in [3.05, 3.63) is 59.1 Å². The molecular weight excluding hydrogens is 382 g/mol. The summed E-state index contributed by atoms with van der Waals surface area (Å²) in [6.07, 6.45) is -0.649. The minimum Gasteiger partial charge on any atom is -0.491 e. The van der Waals surface area contributed by atoms with Crippen LogP contribution in [0.25, 0.3) is 0 Å². The smallest absolute Gasteiger partial charge is 0.324 e. The van der Waals surface area contributed by atoms with Gasteiger partial charge in [0.1, 0.15) is 18.5 Å². The first-order valence-corrected chi connectivity index (χ1v) is 9.30. The molecule has 1 aliphatic rings. The van der Waals surface area contributed by atoms with Crippen molar-refractivity contribution in [2.75, 3.05) is 31.1 Å². The van der Waals surface area contributed by atoms with Crippen LogP contribution in [-0.4, -0.2) is 54.3 Å². The molecule has 3 amide bonds. The number of carbonyl (C=O) groups excluding carboxylic acids is 2. The molecule has 0 unspecified atom stereocenters. The van der Waals surface area contributed by atoms with E-state index in [0.29, 0.717) is 23.9 Å². The van der Waals surface area contributed by atoms with Crippen molar-refractivity contribution < 1.29 is 19.4 Å². The molecule has 148 valence electrons. The van der Waals surface area contributed by atoms with E-state index < -0.39 is 12.0 Å². The molecule has 1 saturated heterocycles. The minimum atomic E-state index is -0.820. The molecule has 0 aliphatic carbocycles. The molecule has 1 heterocycles. The van der Waals surface area contributed by atoms with Crippen molar-refractivity contribution in [1.29, 1.82) is 0 Å². The number of amides is 3. The second kappa shape index (κ2) is 8.95. The molecule has 1 atom stereocenters. The Morgan fingerprint density at radius 1 is 1.14 bits per heavy atom. The van der Waals surface area contributed by atoms with E-state index in [-0.39, 0.29) is 25.6 Å². The summed E-state index contributed by atoms with van der Waals surface area (Å²) in [5.41, 5.74) is 6.73. The fourth-order valence-corrected chi connectivity index (χ4v) is 3.14. The number of nitrogens with zero attached hydrogens (tertiary/aromatic N) is 2. The zero-order valence-corrected chi connectivity index (χ0v) is 16.0. The molecule has 1 aliphatic heterocycles. The lowest BCUT2D eigenvalue weighted by molar-refractivity contribution is -0.117. The number of ether oxygens (including phenoxy) is 1.